The minimum atomic E-state index is -0.464. The van der Waals surface area contributed by atoms with Gasteiger partial charge >= 0.3 is 0 Å². The summed E-state index contributed by atoms with van der Waals surface area (Å²) in [5.41, 5.74) is 0.400. The van der Waals surface area contributed by atoms with Gasteiger partial charge in [0.15, 0.2) is 5.75 Å². The zero-order chi connectivity index (χ0) is 29.1. The number of benzene rings is 1. The molecular formula is C30H35ClFN5O4. The molecule has 2 amide bonds. The van der Waals surface area contributed by atoms with Crippen LogP contribution in [-0.4, -0.2) is 108 Å². The zero-order valence-corrected chi connectivity index (χ0v) is 24.4. The number of likely N-dealkylation sites (tertiary alicyclic amines) is 1. The normalized spacial score (nSPS) is 24.3. The van der Waals surface area contributed by atoms with Crippen molar-refractivity contribution in [2.75, 3.05) is 57.9 Å². The van der Waals surface area contributed by atoms with Crippen LogP contribution in [0.25, 0.3) is 11.3 Å². The highest BCUT2D eigenvalue weighted by atomic mass is 35.5. The molecule has 11 heteroatoms. The van der Waals surface area contributed by atoms with Gasteiger partial charge in [-0.3, -0.25) is 14.5 Å². The third-order valence-corrected chi connectivity index (χ3v) is 9.26. The molecule has 1 aromatic carbocycles. The minimum Gasteiger partial charge on any atom is -0.489 e. The maximum Gasteiger partial charge on any atom is 0.261 e. The highest BCUT2D eigenvalue weighted by Crippen LogP contribution is 2.47. The Morgan fingerprint density at radius 2 is 1.95 bits per heavy atom. The van der Waals surface area contributed by atoms with Crippen LogP contribution in [0.5, 0.6) is 5.75 Å². The van der Waals surface area contributed by atoms with Crippen molar-refractivity contribution in [2.45, 2.75) is 44.0 Å². The largest absolute Gasteiger partial charge is 0.489 e. The number of hydrogen-bond donors (Lipinski definition) is 0. The van der Waals surface area contributed by atoms with Crippen LogP contribution < -0.4 is 9.64 Å². The SMILES string of the molecule is C=CC(=O)N1CCN2C(=O)c3c(N4C[C@@H](N5CC(OC)C5)CC4(C)C)nc(-c4ccccc4F)c(Cl)c3OC[C@H]2C1. The number of piperazine rings is 1. The van der Waals surface area contributed by atoms with Gasteiger partial charge in [-0.25, -0.2) is 9.37 Å². The second kappa shape index (κ2) is 10.6. The fourth-order valence-corrected chi connectivity index (χ4v) is 6.84. The van der Waals surface area contributed by atoms with Gasteiger partial charge in [-0.15, -0.1) is 0 Å². The molecule has 3 fully saturated rings. The van der Waals surface area contributed by atoms with Gasteiger partial charge in [-0.05, 0) is 38.5 Å². The summed E-state index contributed by atoms with van der Waals surface area (Å²) in [5.74, 6) is -0.255. The number of fused-ring (bicyclic) bond motifs is 2. The van der Waals surface area contributed by atoms with Gasteiger partial charge in [0.05, 0.1) is 17.8 Å². The number of pyridine rings is 1. The lowest BCUT2D eigenvalue weighted by Gasteiger charge is -2.42. The highest BCUT2D eigenvalue weighted by molar-refractivity contribution is 6.35. The number of anilines is 1. The van der Waals surface area contributed by atoms with Crippen molar-refractivity contribution in [3.8, 4) is 17.0 Å². The number of methoxy groups -OCH3 is 1. The molecule has 218 valence electrons. The van der Waals surface area contributed by atoms with E-state index in [0.29, 0.717) is 32.0 Å². The van der Waals surface area contributed by atoms with Crippen molar-refractivity contribution in [1.29, 1.82) is 0 Å². The van der Waals surface area contributed by atoms with Crippen LogP contribution in [0.3, 0.4) is 0 Å². The van der Waals surface area contributed by atoms with Crippen LogP contribution in [0.4, 0.5) is 10.2 Å². The Kier molecular flexibility index (Phi) is 7.20. The summed E-state index contributed by atoms with van der Waals surface area (Å²) < 4.78 is 26.9. The van der Waals surface area contributed by atoms with E-state index < -0.39 is 5.82 Å². The monoisotopic (exact) mass is 583 g/mol. The predicted molar refractivity (Wildman–Crippen MR) is 154 cm³/mol. The van der Waals surface area contributed by atoms with E-state index in [-0.39, 0.29) is 69.7 Å². The van der Waals surface area contributed by atoms with Gasteiger partial charge in [0.25, 0.3) is 5.91 Å². The standard InChI is InChI=1S/C30H35ClFN5O4/c1-5-23(38)34-10-11-36-19(13-34)17-41-27-24(29(36)39)28(33-26(25(27)31)21-8-6-7-9-22(21)32)37-14-18(12-30(37,2)3)35-15-20(16-35)40-4/h5-9,18-20H,1,10-17H2,2-4H3/t18-,19+/m0/s1. The molecule has 6 rings (SSSR count). The van der Waals surface area contributed by atoms with Crippen molar-refractivity contribution in [1.82, 2.24) is 19.7 Å². The van der Waals surface area contributed by atoms with E-state index in [4.69, 9.17) is 26.1 Å². The number of nitrogens with zero attached hydrogens (tertiary/aromatic N) is 5. The van der Waals surface area contributed by atoms with Gasteiger partial charge in [-0.1, -0.05) is 30.3 Å². The van der Waals surface area contributed by atoms with Crippen LogP contribution >= 0.6 is 11.6 Å². The second-order valence-corrected chi connectivity index (χ2v) is 12.2. The lowest BCUT2D eigenvalue weighted by atomic mass is 9.97. The van der Waals surface area contributed by atoms with Crippen molar-refractivity contribution in [3.05, 3.63) is 53.3 Å². The predicted octanol–water partition coefficient (Wildman–Crippen LogP) is 3.46. The Hall–Kier alpha value is -3.21. The van der Waals surface area contributed by atoms with Gasteiger partial charge in [0.2, 0.25) is 5.91 Å². The van der Waals surface area contributed by atoms with E-state index in [1.165, 1.54) is 12.1 Å². The van der Waals surface area contributed by atoms with Gasteiger partial charge in [0, 0.05) is 63.5 Å². The quantitative estimate of drug-likeness (QED) is 0.499. The third kappa shape index (κ3) is 4.75. The smallest absolute Gasteiger partial charge is 0.261 e. The molecule has 2 aromatic rings. The summed E-state index contributed by atoms with van der Waals surface area (Å²) in [7, 11) is 1.73. The topological polar surface area (TPSA) is 78.5 Å². The van der Waals surface area contributed by atoms with Crippen LogP contribution in [-0.2, 0) is 9.53 Å². The first-order chi connectivity index (χ1) is 19.6. The summed E-state index contributed by atoms with van der Waals surface area (Å²) in [5, 5.41) is 0.0975. The van der Waals surface area contributed by atoms with E-state index >= 15 is 4.39 Å². The molecule has 3 saturated heterocycles. The molecule has 41 heavy (non-hydrogen) atoms. The summed E-state index contributed by atoms with van der Waals surface area (Å²) in [6, 6.07) is 6.19. The van der Waals surface area contributed by atoms with Gasteiger partial charge in [0.1, 0.15) is 28.8 Å². The average molecular weight is 584 g/mol. The molecule has 0 saturated carbocycles. The lowest BCUT2D eigenvalue weighted by molar-refractivity contribution is -0.128. The molecular weight excluding hydrogens is 549 g/mol. The molecule has 4 aliphatic rings. The van der Waals surface area contributed by atoms with Crippen molar-refractivity contribution >= 4 is 29.2 Å². The molecule has 4 aliphatic heterocycles. The molecule has 0 spiro atoms. The van der Waals surface area contributed by atoms with E-state index in [1.807, 2.05) is 0 Å². The Balaban J connectivity index is 1.45. The summed E-state index contributed by atoms with van der Waals surface area (Å²) in [6.07, 6.45) is 2.36. The molecule has 0 radical (unpaired) electrons. The van der Waals surface area contributed by atoms with Crippen molar-refractivity contribution in [3.63, 3.8) is 0 Å². The number of hydrogen-bond acceptors (Lipinski definition) is 7. The molecule has 0 bridgehead atoms. The average Bonchev–Trinajstić information content (AvgIpc) is 3.16. The Bertz CT molecular complexity index is 1400. The third-order valence-electron chi connectivity index (χ3n) is 8.91. The summed E-state index contributed by atoms with van der Waals surface area (Å²) in [4.78, 5) is 39.6. The second-order valence-electron chi connectivity index (χ2n) is 11.8. The Labute approximate surface area is 244 Å². The first-order valence-corrected chi connectivity index (χ1v) is 14.4. The van der Waals surface area contributed by atoms with Crippen LogP contribution in [0.1, 0.15) is 30.6 Å². The van der Waals surface area contributed by atoms with Gasteiger partial charge < -0.3 is 24.2 Å². The Morgan fingerprint density at radius 1 is 1.20 bits per heavy atom. The number of carbonyl (C=O) groups is 2. The molecule has 1 aromatic heterocycles. The van der Waals surface area contributed by atoms with E-state index in [0.717, 1.165) is 19.5 Å². The molecule has 0 aliphatic carbocycles. The van der Waals surface area contributed by atoms with Crippen LogP contribution in [0, 0.1) is 5.82 Å². The molecule has 2 atom stereocenters. The van der Waals surface area contributed by atoms with E-state index in [9.17, 15) is 9.59 Å². The number of carbonyl (C=O) groups excluding carboxylic acids is 2. The van der Waals surface area contributed by atoms with Crippen molar-refractivity contribution in [2.24, 2.45) is 0 Å². The van der Waals surface area contributed by atoms with Crippen LogP contribution in [0.2, 0.25) is 5.02 Å². The number of amides is 2. The van der Waals surface area contributed by atoms with Gasteiger partial charge in [-0.2, -0.15) is 0 Å². The minimum absolute atomic E-state index is 0.0975. The first-order valence-electron chi connectivity index (χ1n) is 14.0. The molecule has 5 heterocycles. The van der Waals surface area contributed by atoms with Crippen molar-refractivity contribution < 1.29 is 23.5 Å². The molecule has 9 nitrogen and oxygen atoms in total. The fraction of sp³-hybridized carbons (Fsp3) is 0.500. The maximum atomic E-state index is 15.1. The molecule has 0 unspecified atom stereocenters. The first kappa shape index (κ1) is 27.9. The fourth-order valence-electron chi connectivity index (χ4n) is 6.55. The number of aromatic nitrogens is 1. The molecule has 0 N–H and O–H groups in total. The summed E-state index contributed by atoms with van der Waals surface area (Å²) >= 11 is 6.92. The number of rotatable bonds is 5. The zero-order valence-electron chi connectivity index (χ0n) is 23.6. The highest BCUT2D eigenvalue weighted by Gasteiger charge is 2.48. The van der Waals surface area contributed by atoms with E-state index in [2.05, 4.69) is 30.2 Å². The lowest BCUT2D eigenvalue weighted by Crippen LogP contribution is -2.57. The Morgan fingerprint density at radius 3 is 2.66 bits per heavy atom. The number of ether oxygens (including phenoxy) is 2. The van der Waals surface area contributed by atoms with Crippen LogP contribution in [0.15, 0.2) is 36.9 Å². The maximum absolute atomic E-state index is 15.1. The number of halogens is 2. The summed E-state index contributed by atoms with van der Waals surface area (Å²) in [6.45, 7) is 11.4. The van der Waals surface area contributed by atoms with E-state index in [1.54, 1.807) is 35.1 Å².